The SMILES string of the molecule is CCCc1cc(OCC2CC2)c(C)cc1C. The molecule has 1 nitrogen and oxygen atoms in total. The van der Waals surface area contributed by atoms with Gasteiger partial charge in [0.25, 0.3) is 0 Å². The number of rotatable bonds is 5. The molecule has 1 aromatic rings. The van der Waals surface area contributed by atoms with Gasteiger partial charge < -0.3 is 4.74 Å². The van der Waals surface area contributed by atoms with Crippen LogP contribution in [-0.2, 0) is 6.42 Å². The summed E-state index contributed by atoms with van der Waals surface area (Å²) in [5.74, 6) is 1.93. The van der Waals surface area contributed by atoms with E-state index in [0.717, 1.165) is 24.7 Å². The highest BCUT2D eigenvalue weighted by Crippen LogP contribution is 2.31. The van der Waals surface area contributed by atoms with Crippen LogP contribution in [0.2, 0.25) is 0 Å². The molecule has 0 saturated heterocycles. The Morgan fingerprint density at radius 1 is 1.19 bits per heavy atom. The van der Waals surface area contributed by atoms with Crippen LogP contribution in [0.1, 0.15) is 42.9 Å². The second-order valence-electron chi connectivity index (χ2n) is 5.05. The lowest BCUT2D eigenvalue weighted by Gasteiger charge is -2.13. The third-order valence-electron chi connectivity index (χ3n) is 3.32. The first-order chi connectivity index (χ1) is 7.70. The third kappa shape index (κ3) is 2.78. The zero-order valence-electron chi connectivity index (χ0n) is 10.7. The van der Waals surface area contributed by atoms with E-state index in [1.165, 1.54) is 36.0 Å². The molecule has 2 rings (SSSR count). The lowest BCUT2D eigenvalue weighted by Crippen LogP contribution is -2.02. The van der Waals surface area contributed by atoms with Crippen LogP contribution in [-0.4, -0.2) is 6.61 Å². The number of hydrogen-bond acceptors (Lipinski definition) is 1. The van der Waals surface area contributed by atoms with Crippen molar-refractivity contribution in [1.82, 2.24) is 0 Å². The lowest BCUT2D eigenvalue weighted by molar-refractivity contribution is 0.297. The van der Waals surface area contributed by atoms with Gasteiger partial charge in [0.1, 0.15) is 5.75 Å². The Labute approximate surface area is 98.8 Å². The van der Waals surface area contributed by atoms with Crippen LogP contribution in [0.15, 0.2) is 12.1 Å². The lowest BCUT2D eigenvalue weighted by atomic mass is 10.0. The number of benzene rings is 1. The van der Waals surface area contributed by atoms with E-state index in [2.05, 4.69) is 32.9 Å². The Morgan fingerprint density at radius 2 is 1.94 bits per heavy atom. The first-order valence-corrected chi connectivity index (χ1v) is 6.43. The highest BCUT2D eigenvalue weighted by Gasteiger charge is 2.22. The molecular formula is C15H22O. The van der Waals surface area contributed by atoms with E-state index >= 15 is 0 Å². The molecule has 0 bridgehead atoms. The van der Waals surface area contributed by atoms with Crippen molar-refractivity contribution in [3.05, 3.63) is 28.8 Å². The van der Waals surface area contributed by atoms with Gasteiger partial charge in [0.05, 0.1) is 6.61 Å². The van der Waals surface area contributed by atoms with E-state index in [1.54, 1.807) is 0 Å². The van der Waals surface area contributed by atoms with E-state index in [1.807, 2.05) is 0 Å². The first-order valence-electron chi connectivity index (χ1n) is 6.43. The quantitative estimate of drug-likeness (QED) is 0.724. The predicted octanol–water partition coefficient (Wildman–Crippen LogP) is 4.04. The molecule has 0 spiro atoms. The van der Waals surface area contributed by atoms with Gasteiger partial charge in [-0.05, 0) is 61.8 Å². The maximum Gasteiger partial charge on any atom is 0.122 e. The predicted molar refractivity (Wildman–Crippen MR) is 68.1 cm³/mol. The average Bonchev–Trinajstić information content (AvgIpc) is 3.04. The van der Waals surface area contributed by atoms with Crippen molar-refractivity contribution in [2.24, 2.45) is 5.92 Å². The fourth-order valence-electron chi connectivity index (χ4n) is 2.06. The Balaban J connectivity index is 2.11. The van der Waals surface area contributed by atoms with Gasteiger partial charge in [-0.25, -0.2) is 0 Å². The second kappa shape index (κ2) is 4.90. The molecule has 0 aromatic heterocycles. The van der Waals surface area contributed by atoms with Gasteiger partial charge in [0, 0.05) is 0 Å². The molecule has 1 saturated carbocycles. The molecule has 1 fully saturated rings. The number of aryl methyl sites for hydroxylation is 3. The van der Waals surface area contributed by atoms with Gasteiger partial charge in [-0.15, -0.1) is 0 Å². The summed E-state index contributed by atoms with van der Waals surface area (Å²) in [4.78, 5) is 0. The third-order valence-corrected chi connectivity index (χ3v) is 3.32. The van der Waals surface area contributed by atoms with E-state index in [4.69, 9.17) is 4.74 Å². The molecule has 0 radical (unpaired) electrons. The standard InChI is InChI=1S/C15H22O/c1-4-5-14-9-15(12(3)8-11(14)2)16-10-13-6-7-13/h8-9,13H,4-7,10H2,1-3H3. The molecule has 1 aromatic carbocycles. The highest BCUT2D eigenvalue weighted by atomic mass is 16.5. The molecule has 16 heavy (non-hydrogen) atoms. The number of ether oxygens (including phenoxy) is 1. The Kier molecular flexibility index (Phi) is 3.52. The van der Waals surface area contributed by atoms with E-state index in [0.29, 0.717) is 0 Å². The fourth-order valence-corrected chi connectivity index (χ4v) is 2.06. The van der Waals surface area contributed by atoms with E-state index in [-0.39, 0.29) is 0 Å². The van der Waals surface area contributed by atoms with Crippen molar-refractivity contribution in [2.75, 3.05) is 6.61 Å². The number of hydrogen-bond donors (Lipinski definition) is 0. The topological polar surface area (TPSA) is 9.23 Å². The van der Waals surface area contributed by atoms with Crippen molar-refractivity contribution in [2.45, 2.75) is 46.5 Å². The molecule has 1 aliphatic carbocycles. The molecule has 0 N–H and O–H groups in total. The van der Waals surface area contributed by atoms with Crippen molar-refractivity contribution in [3.63, 3.8) is 0 Å². The second-order valence-corrected chi connectivity index (χ2v) is 5.05. The maximum atomic E-state index is 5.90. The van der Waals surface area contributed by atoms with Gasteiger partial charge in [-0.2, -0.15) is 0 Å². The molecule has 1 aliphatic rings. The van der Waals surface area contributed by atoms with E-state index < -0.39 is 0 Å². The summed E-state index contributed by atoms with van der Waals surface area (Å²) in [5.41, 5.74) is 4.12. The minimum atomic E-state index is 0.829. The van der Waals surface area contributed by atoms with Gasteiger partial charge in [-0.3, -0.25) is 0 Å². The molecule has 1 heteroatoms. The van der Waals surface area contributed by atoms with Crippen molar-refractivity contribution >= 4 is 0 Å². The first kappa shape index (κ1) is 11.5. The van der Waals surface area contributed by atoms with Crippen molar-refractivity contribution in [3.8, 4) is 5.75 Å². The van der Waals surface area contributed by atoms with Crippen molar-refractivity contribution < 1.29 is 4.74 Å². The molecule has 0 unspecified atom stereocenters. The van der Waals surface area contributed by atoms with Gasteiger partial charge in [0.2, 0.25) is 0 Å². The minimum Gasteiger partial charge on any atom is -0.493 e. The van der Waals surface area contributed by atoms with Crippen LogP contribution in [0.25, 0.3) is 0 Å². The highest BCUT2D eigenvalue weighted by molar-refractivity contribution is 5.41. The van der Waals surface area contributed by atoms with Crippen LogP contribution in [0, 0.1) is 19.8 Å². The summed E-state index contributed by atoms with van der Waals surface area (Å²) in [6, 6.07) is 4.50. The summed E-state index contributed by atoms with van der Waals surface area (Å²) in [6.07, 6.45) is 5.07. The molecule has 88 valence electrons. The maximum absolute atomic E-state index is 5.90. The molecule has 0 amide bonds. The monoisotopic (exact) mass is 218 g/mol. The average molecular weight is 218 g/mol. The molecular weight excluding hydrogens is 196 g/mol. The largest absolute Gasteiger partial charge is 0.493 e. The molecule has 0 aliphatic heterocycles. The Hall–Kier alpha value is -0.980. The molecule has 0 heterocycles. The zero-order valence-corrected chi connectivity index (χ0v) is 10.7. The summed E-state index contributed by atoms with van der Waals surface area (Å²) in [5, 5.41) is 0. The zero-order chi connectivity index (χ0) is 11.5. The summed E-state index contributed by atoms with van der Waals surface area (Å²) in [7, 11) is 0. The normalized spacial score (nSPS) is 15.2. The Bertz CT molecular complexity index is 364. The fraction of sp³-hybridized carbons (Fsp3) is 0.600. The summed E-state index contributed by atoms with van der Waals surface area (Å²) >= 11 is 0. The van der Waals surface area contributed by atoms with Gasteiger partial charge in [-0.1, -0.05) is 19.4 Å². The van der Waals surface area contributed by atoms with Gasteiger partial charge in [0.15, 0.2) is 0 Å². The van der Waals surface area contributed by atoms with E-state index in [9.17, 15) is 0 Å². The van der Waals surface area contributed by atoms with Crippen LogP contribution in [0.3, 0.4) is 0 Å². The van der Waals surface area contributed by atoms with Crippen LogP contribution < -0.4 is 4.74 Å². The summed E-state index contributed by atoms with van der Waals surface area (Å²) in [6.45, 7) is 7.48. The van der Waals surface area contributed by atoms with Crippen LogP contribution in [0.5, 0.6) is 5.75 Å². The Morgan fingerprint density at radius 3 is 2.56 bits per heavy atom. The smallest absolute Gasteiger partial charge is 0.122 e. The minimum absolute atomic E-state index is 0.829. The molecule has 0 atom stereocenters. The van der Waals surface area contributed by atoms with Crippen molar-refractivity contribution in [1.29, 1.82) is 0 Å². The summed E-state index contributed by atoms with van der Waals surface area (Å²) < 4.78 is 5.90. The van der Waals surface area contributed by atoms with Crippen LogP contribution >= 0.6 is 0 Å². The van der Waals surface area contributed by atoms with Crippen LogP contribution in [0.4, 0.5) is 0 Å². The van der Waals surface area contributed by atoms with Gasteiger partial charge >= 0.3 is 0 Å².